The molecule has 25 atom stereocenters. The molecule has 5 rings (SSSR count). The van der Waals surface area contributed by atoms with E-state index in [4.69, 9.17) is 47.4 Å². The van der Waals surface area contributed by atoms with E-state index in [9.17, 15) is 208 Å². The van der Waals surface area contributed by atoms with Crippen molar-refractivity contribution in [3.63, 3.8) is 0 Å². The fraction of sp³-hybridized carbons (Fsp3) is 1.00. The molecule has 5 aliphatic heterocycles. The summed E-state index contributed by atoms with van der Waals surface area (Å²) in [5, 5.41) is 0. The Morgan fingerprint density at radius 2 is 0.339 bits per heavy atom. The zero-order valence-electron chi connectivity index (χ0n) is 58.5. The molecule has 5 fully saturated rings. The molecule has 124 heavy (non-hydrogen) atoms. The fourth-order valence-corrected chi connectivity index (χ4v) is 17.7. The van der Waals surface area contributed by atoms with Crippen molar-refractivity contribution in [2.24, 2.45) is 0 Å². The molecule has 0 saturated carbocycles. The van der Waals surface area contributed by atoms with Crippen molar-refractivity contribution in [2.75, 3.05) is 39.6 Å². The van der Waals surface area contributed by atoms with Gasteiger partial charge in [0.25, 0.3) is 0 Å². The molecule has 0 aromatic carbocycles. The van der Waals surface area contributed by atoms with Crippen molar-refractivity contribution in [3.8, 4) is 0 Å². The highest BCUT2D eigenvalue weighted by Gasteiger charge is 2.65. The third-order valence-electron chi connectivity index (χ3n) is 14.4. The lowest BCUT2D eigenvalue weighted by atomic mass is 9.95. The van der Waals surface area contributed by atoms with Crippen molar-refractivity contribution in [1.29, 1.82) is 0 Å². The Kier molecular flexibility index (Phi) is 37.9. The highest BCUT2D eigenvalue weighted by atomic mass is 32.3. The Morgan fingerprint density at radius 1 is 0.194 bits per heavy atom. The minimum atomic E-state index is -7.12. The molecule has 1 unspecified atom stereocenters. The molecule has 74 nitrogen and oxygen atoms in total. The Bertz CT molecular complexity index is 5650. The van der Waals surface area contributed by atoms with Crippen LogP contribution in [0, 0.1) is 0 Å². The smallest absolute Gasteiger partial charge is 0.350 e. The minimum Gasteiger partial charge on any atom is -0.350 e. The van der Waals surface area contributed by atoms with Crippen molar-refractivity contribution in [3.05, 3.63) is 0 Å². The average Bonchev–Trinajstić information content (AvgIpc) is 0.747. The van der Waals surface area contributed by atoms with Crippen LogP contribution in [0.3, 0.4) is 0 Å². The van der Waals surface area contributed by atoms with Gasteiger partial charge in [-0.15, -0.1) is 0 Å². The average molecular weight is 2170 g/mol. The van der Waals surface area contributed by atoms with Crippen LogP contribution in [0.4, 0.5) is 0 Å². The molecule has 736 valence electrons. The van der Waals surface area contributed by atoms with Gasteiger partial charge in [-0.05, 0) is 6.42 Å². The van der Waals surface area contributed by atoms with Crippen molar-refractivity contribution >= 4 is 166 Å². The molecule has 0 aromatic rings. The molecular formula is C34H60O74S16. The third-order valence-corrected chi connectivity index (χ3v) is 21.7. The van der Waals surface area contributed by atoms with Crippen LogP contribution in [0.2, 0.25) is 0 Å². The van der Waals surface area contributed by atoms with Gasteiger partial charge in [0.1, 0.15) is 91.6 Å². The molecule has 5 heterocycles. The van der Waals surface area contributed by atoms with E-state index in [-0.39, 0.29) is 12.8 Å². The summed E-state index contributed by atoms with van der Waals surface area (Å²) in [6, 6.07) is 0. The van der Waals surface area contributed by atoms with Crippen LogP contribution >= 0.6 is 0 Å². The van der Waals surface area contributed by atoms with Crippen molar-refractivity contribution in [1.82, 2.24) is 0 Å². The first kappa shape index (κ1) is 112. The maximum atomic E-state index is 13.4. The largest absolute Gasteiger partial charge is 0.397 e. The molecule has 5 aliphatic rings. The molecule has 90 heteroatoms. The van der Waals surface area contributed by atoms with Gasteiger partial charge < -0.3 is 47.4 Å². The van der Waals surface area contributed by atoms with E-state index in [1.807, 2.05) is 0 Å². The topological polar surface area (TPSA) is 1110 Å². The lowest BCUT2D eigenvalue weighted by molar-refractivity contribution is -0.385. The van der Waals surface area contributed by atoms with E-state index >= 15 is 0 Å². The van der Waals surface area contributed by atoms with Crippen LogP contribution in [0.5, 0.6) is 0 Å². The summed E-state index contributed by atoms with van der Waals surface area (Å²) in [6.07, 6.45) is -95.6. The number of unbranched alkanes of at least 4 members (excludes halogenated alkanes) is 1. The number of hydrogen-bond donors (Lipinski definition) is 16. The Balaban J connectivity index is 2.06. The molecular weight excluding hydrogens is 2110 g/mol. The zero-order chi connectivity index (χ0) is 95.5. The van der Waals surface area contributed by atoms with Crippen molar-refractivity contribution in [2.45, 2.75) is 173 Å². The molecule has 16 N–H and O–H groups in total. The van der Waals surface area contributed by atoms with Gasteiger partial charge in [-0.1, -0.05) is 13.3 Å². The lowest BCUT2D eigenvalue weighted by Gasteiger charge is -2.51. The normalized spacial score (nSPS) is 32.7. The summed E-state index contributed by atoms with van der Waals surface area (Å²) < 4.78 is 686. The van der Waals surface area contributed by atoms with Gasteiger partial charge in [0, 0.05) is 6.61 Å². The molecule has 0 radical (unpaired) electrons. The van der Waals surface area contributed by atoms with Crippen LogP contribution < -0.4 is 0 Å². The Morgan fingerprint density at radius 3 is 0.508 bits per heavy atom. The summed E-state index contributed by atoms with van der Waals surface area (Å²) in [6.45, 7) is -11.5. The second-order valence-electron chi connectivity index (χ2n) is 23.3. The van der Waals surface area contributed by atoms with E-state index in [1.54, 1.807) is 0 Å². The van der Waals surface area contributed by atoms with Crippen molar-refractivity contribution < 1.29 is 322 Å². The predicted molar refractivity (Wildman–Crippen MR) is 352 cm³/mol. The van der Waals surface area contributed by atoms with Gasteiger partial charge in [0.2, 0.25) is 0 Å². The van der Waals surface area contributed by atoms with Gasteiger partial charge in [-0.2, -0.15) is 135 Å². The molecule has 0 amide bonds. The minimum absolute atomic E-state index is 0.00538. The van der Waals surface area contributed by atoms with Gasteiger partial charge in [0.05, 0.1) is 33.0 Å². The van der Waals surface area contributed by atoms with E-state index in [0.29, 0.717) is 0 Å². The molecule has 0 aromatic heterocycles. The van der Waals surface area contributed by atoms with E-state index in [0.717, 1.165) is 0 Å². The Hall–Kier alpha value is -2.48. The summed E-state index contributed by atoms with van der Waals surface area (Å²) >= 11 is 0. The monoisotopic (exact) mass is 2160 g/mol. The first-order valence-electron chi connectivity index (χ1n) is 30.1. The van der Waals surface area contributed by atoms with Gasteiger partial charge in [-0.25, -0.2) is 66.9 Å². The number of hydrogen-bond acceptors (Lipinski definition) is 58. The standard InChI is InChI=1S/C34H60O74S16/c1-2-3-4-83-30-25(104-120(68,69)70)20(15(98-114(50,51)52)10(89-30)5-84-109(35,36)37)94-31-26(105-121(71,72)73)21(16(99-115(53,54)55)11(90-31)6-85-110(38,39)40)95-32-27(106-122(74,75)76)22(17(100-116(56,57)58)12(91-32)7-86-111(41,42)43)96-33-28(107-123(77,78)79)23(18(101-117(59,60)61)13(92-33)8-87-112(44,45)46)97-34-29(108-124(80,81)82)24(103-119(65,66)67)19(102-118(62,63)64)14(93-34)9-88-113(47,48)49/h10-34H,2-9H2,1H3,(H,35,36,37)(H,38,39,40)(H,41,42,43)(H,44,45,46)(H,47,48,49)(H,50,51,52)(H,53,54,55)(H,56,57,58)(H,59,60,61)(H,62,63,64)(H,65,66,67)(H,68,69,70)(H,71,72,73)(H,74,75,76)(H,77,78,79)(H,80,81,82)/t10-,11-,12-,13-,14-,15-,16-,17-,18-,19-,20+,21+,22+,23+,24+,25-,26-,27-,28-,29-,30?,31+,32+,33+,34+/m1/s1. The molecule has 5 saturated heterocycles. The lowest BCUT2D eigenvalue weighted by Crippen LogP contribution is -2.70. The van der Waals surface area contributed by atoms with Gasteiger partial charge in [-0.3, -0.25) is 72.8 Å². The number of rotatable bonds is 49. The quantitative estimate of drug-likeness (QED) is 0.0199. The van der Waals surface area contributed by atoms with Crippen LogP contribution in [-0.2, 0) is 281 Å². The Labute approximate surface area is 696 Å². The van der Waals surface area contributed by atoms with Crippen LogP contribution in [-0.4, -0.2) is 401 Å². The zero-order valence-corrected chi connectivity index (χ0v) is 71.5. The first-order chi connectivity index (χ1) is 55.3. The summed E-state index contributed by atoms with van der Waals surface area (Å²) in [7, 11) is -106. The van der Waals surface area contributed by atoms with E-state index < -0.39 is 360 Å². The number of ether oxygens (including phenoxy) is 10. The SMILES string of the molecule is CCCCOC1O[C@H](COS(=O)(=O)O)[C@@H](OS(=O)(=O)O)[C@H](O[C@@H]2O[C@H](COS(=O)(=O)O)[C@@H](OS(=O)(=O)O)[C@H](O[C@@H]3O[C@H](COS(=O)(=O)O)[C@@H](OS(=O)(=O)O)[C@H](O[C@@H]4O[C@H](COS(=O)(=O)O)[C@@H](OS(=O)(=O)O)[C@H](O[C@@H]5O[C@H](COS(=O)(=O)O)[C@@H](OS(=O)(=O)O)[C@H](OS(=O)(=O)O)[C@H]5OS(=O)(=O)O)[C@H]4OS(=O)(=O)O)[C@H]3OS(=O)(=O)O)[C@H]2OS(=O)(=O)O)[C@H]1OS(=O)(=O)O. The maximum absolute atomic E-state index is 13.4. The maximum Gasteiger partial charge on any atom is 0.397 e. The molecule has 0 spiro atoms. The van der Waals surface area contributed by atoms with Crippen LogP contribution in [0.25, 0.3) is 0 Å². The van der Waals surface area contributed by atoms with Crippen LogP contribution in [0.15, 0.2) is 0 Å². The third kappa shape index (κ3) is 40.5. The summed E-state index contributed by atoms with van der Waals surface area (Å²) in [4.78, 5) is 0. The molecule has 0 bridgehead atoms. The highest BCUT2D eigenvalue weighted by molar-refractivity contribution is 7.84. The second-order valence-corrected chi connectivity index (χ2v) is 40.3. The summed E-state index contributed by atoms with van der Waals surface area (Å²) in [5.41, 5.74) is 0. The fourth-order valence-electron chi connectivity index (χ4n) is 10.7. The molecule has 0 aliphatic carbocycles. The second kappa shape index (κ2) is 42.0. The predicted octanol–water partition coefficient (Wildman–Crippen LogP) is -12.9. The van der Waals surface area contributed by atoms with E-state index in [1.165, 1.54) is 6.92 Å². The first-order valence-corrected chi connectivity index (χ1v) is 52.0. The highest BCUT2D eigenvalue weighted by Crippen LogP contribution is 2.44. The van der Waals surface area contributed by atoms with Gasteiger partial charge in [0.15, 0.2) is 62.0 Å². The van der Waals surface area contributed by atoms with E-state index in [2.05, 4.69) is 66.9 Å². The van der Waals surface area contributed by atoms with Gasteiger partial charge >= 0.3 is 166 Å². The van der Waals surface area contributed by atoms with Crippen LogP contribution in [0.1, 0.15) is 19.8 Å². The summed E-state index contributed by atoms with van der Waals surface area (Å²) in [5.74, 6) is 0.